The van der Waals surface area contributed by atoms with Crippen LogP contribution >= 0.6 is 0 Å². The molecule has 0 spiro atoms. The molecule has 2 heterocycles. The van der Waals surface area contributed by atoms with Gasteiger partial charge in [0.15, 0.2) is 0 Å². The number of anilines is 1. The molecule has 9 nitrogen and oxygen atoms in total. The summed E-state index contributed by atoms with van der Waals surface area (Å²) in [6, 6.07) is 5.82. The van der Waals surface area contributed by atoms with Gasteiger partial charge >= 0.3 is 11.8 Å². The number of rotatable bonds is 8. The standard InChI is InChI=1S/C21H19F3N2O7/c22-21(23,24)17-11-5-4-10(26-13(8-27)18(30)19(31)14(29)9-28)7-15(11)33-20(32)16(17)12-3-1-2-6-25-12/h1-8,13-14,18-19,26,28-31H,9H2/t13-,14+,18+,19+/m1/s1. The molecule has 0 amide bonds. The first kappa shape index (κ1) is 24.3. The van der Waals surface area contributed by atoms with Gasteiger partial charge in [-0.2, -0.15) is 13.2 Å². The van der Waals surface area contributed by atoms with Crippen LogP contribution in [0.15, 0.2) is 51.8 Å². The van der Waals surface area contributed by atoms with Crippen LogP contribution in [0.5, 0.6) is 0 Å². The van der Waals surface area contributed by atoms with Gasteiger partial charge in [0.1, 0.15) is 36.2 Å². The Kier molecular flexibility index (Phi) is 7.12. The van der Waals surface area contributed by atoms with Crippen LogP contribution in [0.4, 0.5) is 18.9 Å². The van der Waals surface area contributed by atoms with Gasteiger partial charge in [0.25, 0.3) is 0 Å². The minimum atomic E-state index is -4.93. The summed E-state index contributed by atoms with van der Waals surface area (Å²) < 4.78 is 46.9. The van der Waals surface area contributed by atoms with Gasteiger partial charge in [0, 0.05) is 23.3 Å². The number of nitrogens with one attached hydrogen (secondary N) is 1. The number of aldehydes is 1. The average molecular weight is 468 g/mol. The molecular formula is C21H19F3N2O7. The number of halogens is 3. The number of hydrogen-bond donors (Lipinski definition) is 5. The molecule has 0 unspecified atom stereocenters. The quantitative estimate of drug-likeness (QED) is 0.240. The normalized spacial score (nSPS) is 15.6. The van der Waals surface area contributed by atoms with Gasteiger partial charge in [0.05, 0.1) is 23.4 Å². The summed E-state index contributed by atoms with van der Waals surface area (Å²) in [4.78, 5) is 27.7. The van der Waals surface area contributed by atoms with Gasteiger partial charge in [-0.1, -0.05) is 6.07 Å². The van der Waals surface area contributed by atoms with Crippen molar-refractivity contribution in [2.24, 2.45) is 0 Å². The van der Waals surface area contributed by atoms with E-state index in [0.717, 1.165) is 18.2 Å². The molecule has 0 aliphatic rings. The van der Waals surface area contributed by atoms with Crippen LogP contribution < -0.4 is 10.9 Å². The van der Waals surface area contributed by atoms with Crippen molar-refractivity contribution in [3.05, 3.63) is 58.6 Å². The van der Waals surface area contributed by atoms with Crippen molar-refractivity contribution < 1.29 is 42.8 Å². The zero-order valence-corrected chi connectivity index (χ0v) is 16.7. The smallest absolute Gasteiger partial charge is 0.418 e. The van der Waals surface area contributed by atoms with E-state index in [-0.39, 0.29) is 17.7 Å². The lowest BCUT2D eigenvalue weighted by atomic mass is 10.00. The number of aliphatic hydroxyl groups excluding tert-OH is 4. The van der Waals surface area contributed by atoms with Gasteiger partial charge in [-0.25, -0.2) is 4.79 Å². The van der Waals surface area contributed by atoms with Crippen molar-refractivity contribution in [1.82, 2.24) is 4.98 Å². The molecule has 0 bridgehead atoms. The summed E-state index contributed by atoms with van der Waals surface area (Å²) in [7, 11) is 0. The van der Waals surface area contributed by atoms with E-state index in [9.17, 15) is 38.1 Å². The summed E-state index contributed by atoms with van der Waals surface area (Å²) in [6.45, 7) is -0.885. The molecule has 2 aromatic heterocycles. The summed E-state index contributed by atoms with van der Waals surface area (Å²) in [5, 5.41) is 40.2. The van der Waals surface area contributed by atoms with Crippen molar-refractivity contribution in [1.29, 1.82) is 0 Å². The van der Waals surface area contributed by atoms with Gasteiger partial charge < -0.3 is 35.0 Å². The molecule has 3 rings (SSSR count). The lowest BCUT2D eigenvalue weighted by Crippen LogP contribution is -2.49. The van der Waals surface area contributed by atoms with Crippen molar-refractivity contribution in [3.63, 3.8) is 0 Å². The topological polar surface area (TPSA) is 153 Å². The molecule has 0 saturated carbocycles. The lowest BCUT2D eigenvalue weighted by molar-refractivity contribution is -0.136. The maximum absolute atomic E-state index is 13.9. The minimum Gasteiger partial charge on any atom is -0.422 e. The molecule has 4 atom stereocenters. The van der Waals surface area contributed by atoms with Crippen LogP contribution in [0.25, 0.3) is 22.2 Å². The van der Waals surface area contributed by atoms with E-state index in [1.54, 1.807) is 0 Å². The Labute approximate surface area is 183 Å². The van der Waals surface area contributed by atoms with Crippen molar-refractivity contribution in [2.45, 2.75) is 30.5 Å². The first-order valence-corrected chi connectivity index (χ1v) is 9.54. The average Bonchev–Trinajstić information content (AvgIpc) is 2.79. The fourth-order valence-electron chi connectivity index (χ4n) is 3.27. The van der Waals surface area contributed by atoms with E-state index in [4.69, 9.17) is 9.52 Å². The highest BCUT2D eigenvalue weighted by Gasteiger charge is 2.39. The third kappa shape index (κ3) is 5.03. The molecule has 33 heavy (non-hydrogen) atoms. The summed E-state index contributed by atoms with van der Waals surface area (Å²) in [5.74, 6) is 0. The first-order valence-electron chi connectivity index (χ1n) is 9.54. The summed E-state index contributed by atoms with van der Waals surface area (Å²) in [5.41, 5.74) is -3.97. The Morgan fingerprint density at radius 2 is 1.85 bits per heavy atom. The van der Waals surface area contributed by atoms with Gasteiger partial charge in [0.2, 0.25) is 0 Å². The van der Waals surface area contributed by atoms with E-state index < -0.39 is 64.9 Å². The fourth-order valence-corrected chi connectivity index (χ4v) is 3.27. The zero-order valence-electron chi connectivity index (χ0n) is 16.7. The fraction of sp³-hybridized carbons (Fsp3) is 0.286. The molecule has 0 aliphatic carbocycles. The monoisotopic (exact) mass is 468 g/mol. The van der Waals surface area contributed by atoms with E-state index >= 15 is 0 Å². The predicted octanol–water partition coefficient (Wildman–Crippen LogP) is 0.928. The molecule has 0 saturated heterocycles. The Morgan fingerprint density at radius 1 is 1.12 bits per heavy atom. The number of hydrogen-bond acceptors (Lipinski definition) is 9. The molecule has 5 N–H and O–H groups in total. The maximum Gasteiger partial charge on any atom is 0.418 e. The van der Waals surface area contributed by atoms with Gasteiger partial charge in [-0.15, -0.1) is 0 Å². The molecule has 12 heteroatoms. The molecule has 0 aliphatic heterocycles. The number of aromatic nitrogens is 1. The largest absolute Gasteiger partial charge is 0.422 e. The highest BCUT2D eigenvalue weighted by Crippen LogP contribution is 2.40. The van der Waals surface area contributed by atoms with E-state index in [2.05, 4.69) is 10.3 Å². The van der Waals surface area contributed by atoms with E-state index in [1.807, 2.05) is 0 Å². The second-order valence-electron chi connectivity index (χ2n) is 7.10. The van der Waals surface area contributed by atoms with Gasteiger partial charge in [-0.05, 0) is 24.3 Å². The SMILES string of the molecule is O=C[C@@H](Nc1ccc2c(C(F)(F)F)c(-c3ccccn3)c(=O)oc2c1)[C@H](O)[C@@H](O)[C@@H](O)CO. The van der Waals surface area contributed by atoms with Crippen LogP contribution in [0, 0.1) is 0 Å². The Morgan fingerprint density at radius 3 is 2.42 bits per heavy atom. The number of carbonyl (C=O) groups is 1. The third-order valence-corrected chi connectivity index (χ3v) is 4.89. The van der Waals surface area contributed by atoms with Crippen LogP contribution in [0.1, 0.15) is 5.56 Å². The summed E-state index contributed by atoms with van der Waals surface area (Å²) in [6.07, 6.45) is -9.00. The van der Waals surface area contributed by atoms with Crippen molar-refractivity contribution >= 4 is 22.9 Å². The number of pyridine rings is 1. The molecule has 1 aromatic carbocycles. The zero-order chi connectivity index (χ0) is 24.3. The highest BCUT2D eigenvalue weighted by molar-refractivity contribution is 5.89. The first-order chi connectivity index (χ1) is 15.6. The van der Waals surface area contributed by atoms with Crippen LogP contribution in [-0.2, 0) is 11.0 Å². The number of fused-ring (bicyclic) bond motifs is 1. The summed E-state index contributed by atoms with van der Waals surface area (Å²) >= 11 is 0. The Balaban J connectivity index is 2.07. The number of aliphatic hydroxyl groups is 4. The highest BCUT2D eigenvalue weighted by atomic mass is 19.4. The number of carbonyl (C=O) groups excluding carboxylic acids is 1. The minimum absolute atomic E-state index is 0.0220. The molecule has 0 radical (unpaired) electrons. The van der Waals surface area contributed by atoms with Crippen molar-refractivity contribution in [3.8, 4) is 11.3 Å². The number of alkyl halides is 3. The number of nitrogens with zero attached hydrogens (tertiary/aromatic N) is 1. The van der Waals surface area contributed by atoms with E-state index in [0.29, 0.717) is 0 Å². The number of benzene rings is 1. The van der Waals surface area contributed by atoms with Crippen LogP contribution in [0.3, 0.4) is 0 Å². The third-order valence-electron chi connectivity index (χ3n) is 4.89. The molecule has 176 valence electrons. The van der Waals surface area contributed by atoms with Crippen molar-refractivity contribution in [2.75, 3.05) is 11.9 Å². The second-order valence-corrected chi connectivity index (χ2v) is 7.10. The predicted molar refractivity (Wildman–Crippen MR) is 109 cm³/mol. The maximum atomic E-state index is 13.9. The lowest BCUT2D eigenvalue weighted by Gasteiger charge is -2.27. The van der Waals surface area contributed by atoms with E-state index in [1.165, 1.54) is 24.4 Å². The Hall–Kier alpha value is -3.32. The van der Waals surface area contributed by atoms with Gasteiger partial charge in [-0.3, -0.25) is 4.98 Å². The molecular weight excluding hydrogens is 449 g/mol. The Bertz CT molecular complexity index is 1180. The molecule has 3 aromatic rings. The van der Waals surface area contributed by atoms with Crippen LogP contribution in [-0.4, -0.2) is 62.7 Å². The molecule has 0 fully saturated rings. The second kappa shape index (κ2) is 9.67. The van der Waals surface area contributed by atoms with Crippen LogP contribution in [0.2, 0.25) is 0 Å².